The third-order valence-electron chi connectivity index (χ3n) is 5.09. The lowest BCUT2D eigenvalue weighted by Crippen LogP contribution is -1.93. The van der Waals surface area contributed by atoms with Crippen LogP contribution >= 0.6 is 0 Å². The van der Waals surface area contributed by atoms with Crippen molar-refractivity contribution in [1.82, 2.24) is 0 Å². The lowest BCUT2D eigenvalue weighted by atomic mass is 9.88. The Morgan fingerprint density at radius 1 is 0.696 bits per heavy atom. The van der Waals surface area contributed by atoms with Gasteiger partial charge in [-0.3, -0.25) is 0 Å². The van der Waals surface area contributed by atoms with E-state index in [1.54, 1.807) is 0 Å². The Morgan fingerprint density at radius 3 is 2.09 bits per heavy atom. The summed E-state index contributed by atoms with van der Waals surface area (Å²) in [6, 6.07) is 22.0. The van der Waals surface area contributed by atoms with Crippen molar-refractivity contribution in [2.45, 2.75) is 13.3 Å². The van der Waals surface area contributed by atoms with Gasteiger partial charge in [-0.15, -0.1) is 0 Å². The summed E-state index contributed by atoms with van der Waals surface area (Å²) in [6.45, 7) is 2.21. The zero-order valence-corrected chi connectivity index (χ0v) is 13.1. The summed E-state index contributed by atoms with van der Waals surface area (Å²) in [5.41, 5.74) is 8.45. The molecule has 0 aliphatic rings. The summed E-state index contributed by atoms with van der Waals surface area (Å²) in [6.07, 6.45) is 1.02. The van der Waals surface area contributed by atoms with E-state index in [1.165, 1.54) is 48.7 Å². The van der Waals surface area contributed by atoms with Crippen molar-refractivity contribution in [3.8, 4) is 0 Å². The molecule has 0 bridgehead atoms. The van der Waals surface area contributed by atoms with Crippen molar-refractivity contribution >= 4 is 48.8 Å². The van der Waals surface area contributed by atoms with Crippen LogP contribution in [0.1, 0.15) is 12.5 Å². The van der Waals surface area contributed by atoms with Crippen LogP contribution in [0.5, 0.6) is 0 Å². The van der Waals surface area contributed by atoms with Gasteiger partial charge < -0.3 is 5.73 Å². The van der Waals surface area contributed by atoms with E-state index < -0.39 is 0 Å². The molecule has 23 heavy (non-hydrogen) atoms. The molecule has 5 rings (SSSR count). The number of hydrogen-bond acceptors (Lipinski definition) is 1. The number of aryl methyl sites for hydroxylation is 1. The molecule has 0 atom stereocenters. The molecule has 0 fully saturated rings. The van der Waals surface area contributed by atoms with Crippen LogP contribution in [-0.2, 0) is 6.42 Å². The molecule has 110 valence electrons. The van der Waals surface area contributed by atoms with E-state index in [0.29, 0.717) is 0 Å². The first-order chi connectivity index (χ1) is 11.3. The van der Waals surface area contributed by atoms with E-state index in [0.717, 1.165) is 12.1 Å². The Bertz CT molecular complexity index is 1200. The number of nitrogens with two attached hydrogens (primary N) is 1. The lowest BCUT2D eigenvalue weighted by molar-refractivity contribution is 1.16. The highest BCUT2D eigenvalue weighted by Gasteiger charge is 2.14. The van der Waals surface area contributed by atoms with Gasteiger partial charge in [0.1, 0.15) is 0 Å². The largest absolute Gasteiger partial charge is 0.399 e. The minimum Gasteiger partial charge on any atom is -0.399 e. The van der Waals surface area contributed by atoms with Crippen molar-refractivity contribution in [1.29, 1.82) is 0 Å². The molecule has 5 aromatic carbocycles. The molecule has 0 saturated heterocycles. The van der Waals surface area contributed by atoms with Crippen LogP contribution in [0.4, 0.5) is 5.69 Å². The molecule has 0 radical (unpaired) electrons. The zero-order chi connectivity index (χ0) is 15.6. The lowest BCUT2D eigenvalue weighted by Gasteiger charge is -2.16. The van der Waals surface area contributed by atoms with Crippen LogP contribution < -0.4 is 5.73 Å². The zero-order valence-electron chi connectivity index (χ0n) is 13.1. The molecule has 0 spiro atoms. The van der Waals surface area contributed by atoms with Gasteiger partial charge in [-0.1, -0.05) is 55.5 Å². The third-order valence-corrected chi connectivity index (χ3v) is 5.09. The van der Waals surface area contributed by atoms with Gasteiger partial charge in [0.05, 0.1) is 0 Å². The second-order valence-electron chi connectivity index (χ2n) is 6.33. The topological polar surface area (TPSA) is 26.0 Å². The number of rotatable bonds is 1. The second-order valence-corrected chi connectivity index (χ2v) is 6.33. The van der Waals surface area contributed by atoms with Crippen LogP contribution in [0.2, 0.25) is 0 Å². The minimum atomic E-state index is 0.843. The fraction of sp³-hybridized carbons (Fsp3) is 0.0909. The highest BCUT2D eigenvalue weighted by atomic mass is 14.5. The van der Waals surface area contributed by atoms with Crippen LogP contribution in [0.15, 0.2) is 60.7 Å². The Labute approximate surface area is 134 Å². The maximum atomic E-state index is 6.25. The molecule has 0 aliphatic carbocycles. The number of hydrogen-bond donors (Lipinski definition) is 1. The van der Waals surface area contributed by atoms with Crippen molar-refractivity contribution in [2.75, 3.05) is 5.73 Å². The van der Waals surface area contributed by atoms with Crippen molar-refractivity contribution < 1.29 is 0 Å². The molecule has 0 aromatic heterocycles. The molecule has 0 saturated carbocycles. The Kier molecular flexibility index (Phi) is 2.41. The van der Waals surface area contributed by atoms with Crippen molar-refractivity contribution in [2.24, 2.45) is 0 Å². The maximum Gasteiger partial charge on any atom is 0.0326 e. The van der Waals surface area contributed by atoms with E-state index in [2.05, 4.69) is 67.6 Å². The summed E-state index contributed by atoms with van der Waals surface area (Å²) in [7, 11) is 0. The van der Waals surface area contributed by atoms with Crippen LogP contribution in [0.3, 0.4) is 0 Å². The van der Waals surface area contributed by atoms with Gasteiger partial charge in [-0.25, -0.2) is 0 Å². The molecule has 0 heterocycles. The van der Waals surface area contributed by atoms with Gasteiger partial charge in [0.25, 0.3) is 0 Å². The molecular formula is C22H17N. The number of benzene rings is 5. The SMILES string of the molecule is CCc1ccc2c3cccc4cccc(c5cc(N)cc1c25)c43. The van der Waals surface area contributed by atoms with Gasteiger partial charge in [0, 0.05) is 5.69 Å². The molecule has 0 unspecified atom stereocenters. The van der Waals surface area contributed by atoms with Crippen LogP contribution in [0.25, 0.3) is 43.1 Å². The van der Waals surface area contributed by atoms with Crippen LogP contribution in [-0.4, -0.2) is 0 Å². The molecular weight excluding hydrogens is 278 g/mol. The first kappa shape index (κ1) is 12.7. The first-order valence-electron chi connectivity index (χ1n) is 8.15. The van der Waals surface area contributed by atoms with Crippen molar-refractivity contribution in [3.05, 3.63) is 66.2 Å². The van der Waals surface area contributed by atoms with E-state index in [1.807, 2.05) is 0 Å². The number of fused-ring (bicyclic) bond motifs is 2. The Morgan fingerprint density at radius 2 is 1.35 bits per heavy atom. The van der Waals surface area contributed by atoms with E-state index in [4.69, 9.17) is 5.73 Å². The summed E-state index contributed by atoms with van der Waals surface area (Å²) in [4.78, 5) is 0. The van der Waals surface area contributed by atoms with Crippen molar-refractivity contribution in [3.63, 3.8) is 0 Å². The Hall–Kier alpha value is -2.80. The van der Waals surface area contributed by atoms with Gasteiger partial charge in [-0.2, -0.15) is 0 Å². The standard InChI is InChI=1S/C22H17N/c1-2-13-9-10-18-16-7-3-5-14-6-4-8-17(21(14)16)20-12-15(23)11-19(13)22(18)20/h3-12H,2,23H2,1H3. The number of anilines is 1. The third kappa shape index (κ3) is 1.57. The highest BCUT2D eigenvalue weighted by Crippen LogP contribution is 2.41. The average molecular weight is 295 g/mol. The fourth-order valence-corrected chi connectivity index (χ4v) is 4.10. The fourth-order valence-electron chi connectivity index (χ4n) is 4.10. The predicted octanol–water partition coefficient (Wildman–Crippen LogP) is 5.88. The van der Waals surface area contributed by atoms with Gasteiger partial charge in [0.2, 0.25) is 0 Å². The second kappa shape index (κ2) is 4.36. The molecule has 0 aliphatic heterocycles. The summed E-state index contributed by atoms with van der Waals surface area (Å²) in [5.74, 6) is 0. The summed E-state index contributed by atoms with van der Waals surface area (Å²) >= 11 is 0. The monoisotopic (exact) mass is 295 g/mol. The average Bonchev–Trinajstić information content (AvgIpc) is 2.58. The summed E-state index contributed by atoms with van der Waals surface area (Å²) < 4.78 is 0. The van der Waals surface area contributed by atoms with Gasteiger partial charge in [0.15, 0.2) is 0 Å². The quantitative estimate of drug-likeness (QED) is 0.233. The Balaban J connectivity index is 2.23. The van der Waals surface area contributed by atoms with E-state index >= 15 is 0 Å². The smallest absolute Gasteiger partial charge is 0.0326 e. The molecule has 0 amide bonds. The van der Waals surface area contributed by atoms with Gasteiger partial charge >= 0.3 is 0 Å². The molecule has 1 nitrogen and oxygen atoms in total. The molecule has 2 N–H and O–H groups in total. The molecule has 1 heteroatoms. The minimum absolute atomic E-state index is 0.843. The predicted molar refractivity (Wildman–Crippen MR) is 101 cm³/mol. The van der Waals surface area contributed by atoms with E-state index in [-0.39, 0.29) is 0 Å². The van der Waals surface area contributed by atoms with E-state index in [9.17, 15) is 0 Å². The maximum absolute atomic E-state index is 6.25. The van der Waals surface area contributed by atoms with Gasteiger partial charge in [-0.05, 0) is 67.2 Å². The van der Waals surface area contributed by atoms with Crippen LogP contribution in [0, 0.1) is 0 Å². The number of nitrogen functional groups attached to an aromatic ring is 1. The summed E-state index contributed by atoms with van der Waals surface area (Å²) in [5, 5.41) is 10.5. The molecule has 5 aromatic rings. The first-order valence-corrected chi connectivity index (χ1v) is 8.15. The highest BCUT2D eigenvalue weighted by molar-refractivity contribution is 6.33. The normalized spacial score (nSPS) is 12.0.